The van der Waals surface area contributed by atoms with E-state index in [9.17, 15) is 19.8 Å². The summed E-state index contributed by atoms with van der Waals surface area (Å²) in [6.45, 7) is 1.59. The highest BCUT2D eigenvalue weighted by molar-refractivity contribution is 7.14. The minimum Gasteiger partial charge on any atom is -0.481 e. The standard InChI is InChI=1S/C23H23ClN2O4S/c1-15(27)13-26(23-25-20(14-31-23)18-9-5-6-10-19(18)24)22(30)17(12-21(28)29)11-16-7-3-2-4-8-16/h2-10,14-15,17,27H,11-13H2,1H3,(H,28,29)/t15-,17?/m0/s1. The van der Waals surface area contributed by atoms with Gasteiger partial charge in [-0.2, -0.15) is 0 Å². The van der Waals surface area contributed by atoms with Crippen molar-refractivity contribution in [3.05, 3.63) is 70.6 Å². The Kier molecular flexibility index (Phi) is 7.79. The van der Waals surface area contributed by atoms with Crippen molar-refractivity contribution in [1.82, 2.24) is 4.98 Å². The Hall–Kier alpha value is -2.74. The van der Waals surface area contributed by atoms with E-state index in [1.807, 2.05) is 48.5 Å². The van der Waals surface area contributed by atoms with Crippen molar-refractivity contribution in [2.75, 3.05) is 11.4 Å². The number of aliphatic carboxylic acids is 1. The lowest BCUT2D eigenvalue weighted by molar-refractivity contribution is -0.140. The molecule has 8 heteroatoms. The van der Waals surface area contributed by atoms with Gasteiger partial charge in [0.2, 0.25) is 5.91 Å². The molecular formula is C23H23ClN2O4S. The Balaban J connectivity index is 1.92. The zero-order valence-corrected chi connectivity index (χ0v) is 18.5. The number of anilines is 1. The van der Waals surface area contributed by atoms with Crippen molar-refractivity contribution in [1.29, 1.82) is 0 Å². The fraction of sp³-hybridized carbons (Fsp3) is 0.261. The van der Waals surface area contributed by atoms with Gasteiger partial charge in [-0.1, -0.05) is 60.1 Å². The highest BCUT2D eigenvalue weighted by atomic mass is 35.5. The summed E-state index contributed by atoms with van der Waals surface area (Å²) in [5, 5.41) is 22.1. The second kappa shape index (κ2) is 10.5. The first-order chi connectivity index (χ1) is 14.8. The molecule has 3 rings (SSSR count). The van der Waals surface area contributed by atoms with E-state index in [0.29, 0.717) is 15.8 Å². The van der Waals surface area contributed by atoms with Crippen LogP contribution in [-0.4, -0.2) is 39.7 Å². The molecule has 1 aromatic heterocycles. The summed E-state index contributed by atoms with van der Waals surface area (Å²) in [4.78, 5) is 30.8. The Morgan fingerprint density at radius 1 is 1.13 bits per heavy atom. The van der Waals surface area contributed by atoms with Gasteiger partial charge in [-0.15, -0.1) is 11.3 Å². The maximum Gasteiger partial charge on any atom is 0.304 e. The number of carboxylic acids is 1. The molecule has 2 N–H and O–H groups in total. The topological polar surface area (TPSA) is 90.7 Å². The fourth-order valence-electron chi connectivity index (χ4n) is 3.28. The molecule has 0 aliphatic heterocycles. The lowest BCUT2D eigenvalue weighted by Crippen LogP contribution is -2.41. The number of carboxylic acid groups (broad SMARTS) is 1. The Morgan fingerprint density at radius 3 is 2.45 bits per heavy atom. The molecule has 2 atom stereocenters. The number of hydrogen-bond donors (Lipinski definition) is 2. The number of benzene rings is 2. The third-order valence-electron chi connectivity index (χ3n) is 4.68. The van der Waals surface area contributed by atoms with Crippen LogP contribution < -0.4 is 4.90 Å². The number of hydrogen-bond acceptors (Lipinski definition) is 5. The molecule has 0 aliphatic rings. The van der Waals surface area contributed by atoms with Gasteiger partial charge in [0, 0.05) is 16.0 Å². The summed E-state index contributed by atoms with van der Waals surface area (Å²) in [5.41, 5.74) is 2.23. The monoisotopic (exact) mass is 458 g/mol. The largest absolute Gasteiger partial charge is 0.481 e. The number of nitrogens with zero attached hydrogens (tertiary/aromatic N) is 2. The van der Waals surface area contributed by atoms with Crippen LogP contribution in [-0.2, 0) is 16.0 Å². The number of halogens is 1. The number of amides is 1. The molecule has 1 unspecified atom stereocenters. The number of aliphatic hydroxyl groups is 1. The zero-order valence-electron chi connectivity index (χ0n) is 16.9. The lowest BCUT2D eigenvalue weighted by atomic mass is 9.94. The number of carbonyl (C=O) groups is 2. The summed E-state index contributed by atoms with van der Waals surface area (Å²) in [5.74, 6) is -2.22. The smallest absolute Gasteiger partial charge is 0.304 e. The highest BCUT2D eigenvalue weighted by Crippen LogP contribution is 2.33. The average Bonchev–Trinajstić information content (AvgIpc) is 3.21. The van der Waals surface area contributed by atoms with Gasteiger partial charge >= 0.3 is 5.97 Å². The fourth-order valence-corrected chi connectivity index (χ4v) is 4.36. The van der Waals surface area contributed by atoms with Crippen LogP contribution in [0.15, 0.2) is 60.0 Å². The van der Waals surface area contributed by atoms with Gasteiger partial charge in [-0.25, -0.2) is 4.98 Å². The van der Waals surface area contributed by atoms with Crippen LogP contribution in [0.2, 0.25) is 5.02 Å². The van der Waals surface area contributed by atoms with Crippen molar-refractivity contribution in [2.24, 2.45) is 5.92 Å². The van der Waals surface area contributed by atoms with E-state index >= 15 is 0 Å². The summed E-state index contributed by atoms with van der Waals surface area (Å²) in [6, 6.07) is 16.6. The van der Waals surface area contributed by atoms with Crippen LogP contribution in [0.25, 0.3) is 11.3 Å². The van der Waals surface area contributed by atoms with Crippen molar-refractivity contribution in [2.45, 2.75) is 25.9 Å². The number of aromatic nitrogens is 1. The first-order valence-electron chi connectivity index (χ1n) is 9.80. The minimum absolute atomic E-state index is 0.0131. The molecule has 2 aromatic carbocycles. The predicted molar refractivity (Wildman–Crippen MR) is 122 cm³/mol. The second-order valence-electron chi connectivity index (χ2n) is 7.28. The third-order valence-corrected chi connectivity index (χ3v) is 5.87. The van der Waals surface area contributed by atoms with E-state index in [1.54, 1.807) is 18.4 Å². The van der Waals surface area contributed by atoms with Crippen LogP contribution in [0.3, 0.4) is 0 Å². The summed E-state index contributed by atoms with van der Waals surface area (Å²) >= 11 is 7.52. The van der Waals surface area contributed by atoms with E-state index in [0.717, 1.165) is 11.1 Å². The molecule has 0 aliphatic carbocycles. The maximum absolute atomic E-state index is 13.4. The normalized spacial score (nSPS) is 12.9. The van der Waals surface area contributed by atoms with Gasteiger partial charge < -0.3 is 10.2 Å². The summed E-state index contributed by atoms with van der Waals surface area (Å²) in [6.07, 6.45) is -0.837. The first kappa shape index (κ1) is 22.9. The van der Waals surface area contributed by atoms with Crippen molar-refractivity contribution >= 4 is 39.9 Å². The van der Waals surface area contributed by atoms with Crippen LogP contribution >= 0.6 is 22.9 Å². The first-order valence-corrected chi connectivity index (χ1v) is 11.1. The molecule has 3 aromatic rings. The van der Waals surface area contributed by atoms with Gasteiger partial charge in [0.05, 0.1) is 30.7 Å². The zero-order chi connectivity index (χ0) is 22.4. The SMILES string of the molecule is C[C@H](O)CN(C(=O)C(CC(=O)O)Cc1ccccc1)c1nc(-c2ccccc2Cl)cs1. The molecule has 6 nitrogen and oxygen atoms in total. The Morgan fingerprint density at radius 2 is 1.81 bits per heavy atom. The van der Waals surface area contributed by atoms with Gasteiger partial charge in [0.25, 0.3) is 0 Å². The van der Waals surface area contributed by atoms with Crippen LogP contribution in [0.1, 0.15) is 18.9 Å². The molecule has 0 fully saturated rings. The number of thiazole rings is 1. The van der Waals surface area contributed by atoms with Gasteiger partial charge in [0.1, 0.15) is 0 Å². The van der Waals surface area contributed by atoms with Crippen LogP contribution in [0.4, 0.5) is 5.13 Å². The van der Waals surface area contributed by atoms with Gasteiger partial charge in [0.15, 0.2) is 5.13 Å². The second-order valence-corrected chi connectivity index (χ2v) is 8.52. The number of rotatable bonds is 9. The van der Waals surface area contributed by atoms with Crippen molar-refractivity contribution in [3.63, 3.8) is 0 Å². The van der Waals surface area contributed by atoms with Crippen molar-refractivity contribution in [3.8, 4) is 11.3 Å². The molecule has 0 bridgehead atoms. The van der Waals surface area contributed by atoms with Gasteiger partial charge in [-0.05, 0) is 25.0 Å². The van der Waals surface area contributed by atoms with E-state index in [2.05, 4.69) is 4.98 Å². The summed E-state index contributed by atoms with van der Waals surface area (Å²) < 4.78 is 0. The van der Waals surface area contributed by atoms with Crippen LogP contribution in [0, 0.1) is 5.92 Å². The molecule has 0 saturated heterocycles. The minimum atomic E-state index is -1.05. The Labute approximate surface area is 189 Å². The van der Waals surface area contributed by atoms with E-state index in [-0.39, 0.29) is 25.3 Å². The van der Waals surface area contributed by atoms with Gasteiger partial charge in [-0.3, -0.25) is 14.5 Å². The number of aliphatic hydroxyl groups excluding tert-OH is 1. The lowest BCUT2D eigenvalue weighted by Gasteiger charge is -2.26. The number of carbonyl (C=O) groups excluding carboxylic acids is 1. The molecule has 0 spiro atoms. The Bertz CT molecular complexity index is 1040. The average molecular weight is 459 g/mol. The van der Waals surface area contributed by atoms with E-state index in [1.165, 1.54) is 16.2 Å². The maximum atomic E-state index is 13.4. The van der Waals surface area contributed by atoms with Crippen molar-refractivity contribution < 1.29 is 19.8 Å². The summed E-state index contributed by atoms with van der Waals surface area (Å²) in [7, 11) is 0. The molecule has 1 heterocycles. The molecule has 0 radical (unpaired) electrons. The predicted octanol–water partition coefficient (Wildman–Crippen LogP) is 4.51. The van der Waals surface area contributed by atoms with E-state index in [4.69, 9.17) is 11.6 Å². The molecule has 162 valence electrons. The molecule has 31 heavy (non-hydrogen) atoms. The quantitative estimate of drug-likeness (QED) is 0.492. The molecule has 0 saturated carbocycles. The third kappa shape index (κ3) is 6.13. The molecular weight excluding hydrogens is 436 g/mol. The molecule has 1 amide bonds. The highest BCUT2D eigenvalue weighted by Gasteiger charge is 2.30. The van der Waals surface area contributed by atoms with Crippen LogP contribution in [0.5, 0.6) is 0 Å². The van der Waals surface area contributed by atoms with E-state index < -0.39 is 18.0 Å².